The van der Waals surface area contributed by atoms with E-state index in [-0.39, 0.29) is 18.5 Å². The van der Waals surface area contributed by atoms with Crippen LogP contribution in [0.15, 0.2) is 4.99 Å². The first kappa shape index (κ1) is 20.1. The lowest BCUT2D eigenvalue weighted by molar-refractivity contribution is -0.127. The van der Waals surface area contributed by atoms with E-state index in [2.05, 4.69) is 25.7 Å². The molecule has 1 aromatic rings. The summed E-state index contributed by atoms with van der Waals surface area (Å²) in [5, 5.41) is 11.0. The molecule has 146 valence electrons. The van der Waals surface area contributed by atoms with Crippen LogP contribution in [-0.2, 0) is 33.8 Å². The van der Waals surface area contributed by atoms with Crippen LogP contribution >= 0.6 is 0 Å². The van der Waals surface area contributed by atoms with E-state index in [9.17, 15) is 4.79 Å². The van der Waals surface area contributed by atoms with Gasteiger partial charge in [-0.05, 0) is 6.42 Å². The van der Waals surface area contributed by atoms with Gasteiger partial charge in [-0.1, -0.05) is 0 Å². The average molecular weight is 367 g/mol. The number of rotatable bonds is 8. The highest BCUT2D eigenvalue weighted by molar-refractivity contribution is 5.84. The SMILES string of the molecule is COCCNC(=NCC(=O)N(C)C)NC1CCc2nc(COC)nn2C1. The van der Waals surface area contributed by atoms with Crippen LogP contribution in [0.2, 0.25) is 0 Å². The number of ether oxygens (including phenoxy) is 2. The van der Waals surface area contributed by atoms with E-state index >= 15 is 0 Å². The van der Waals surface area contributed by atoms with E-state index in [1.54, 1.807) is 28.3 Å². The molecule has 2 heterocycles. The van der Waals surface area contributed by atoms with Gasteiger partial charge in [0.05, 0.1) is 13.2 Å². The number of nitrogens with one attached hydrogen (secondary N) is 2. The molecule has 2 rings (SSSR count). The third-order valence-corrected chi connectivity index (χ3v) is 3.99. The minimum atomic E-state index is -0.0516. The van der Waals surface area contributed by atoms with Crippen LogP contribution in [0.5, 0.6) is 0 Å². The first-order valence-corrected chi connectivity index (χ1v) is 8.69. The fourth-order valence-corrected chi connectivity index (χ4v) is 2.57. The van der Waals surface area contributed by atoms with Gasteiger partial charge < -0.3 is 25.0 Å². The molecule has 0 saturated heterocycles. The highest BCUT2D eigenvalue weighted by atomic mass is 16.5. The van der Waals surface area contributed by atoms with Crippen molar-refractivity contribution in [2.45, 2.75) is 32.0 Å². The van der Waals surface area contributed by atoms with Gasteiger partial charge in [0.15, 0.2) is 11.8 Å². The minimum Gasteiger partial charge on any atom is -0.383 e. The maximum absolute atomic E-state index is 11.8. The van der Waals surface area contributed by atoms with Crippen molar-refractivity contribution in [1.82, 2.24) is 30.3 Å². The molecular weight excluding hydrogens is 338 g/mol. The summed E-state index contributed by atoms with van der Waals surface area (Å²) >= 11 is 0. The number of hydrogen-bond acceptors (Lipinski definition) is 6. The summed E-state index contributed by atoms with van der Waals surface area (Å²) in [6.07, 6.45) is 1.74. The molecule has 1 amide bonds. The topological polar surface area (TPSA) is 106 Å². The summed E-state index contributed by atoms with van der Waals surface area (Å²) in [7, 11) is 6.71. The van der Waals surface area contributed by atoms with Crippen molar-refractivity contribution in [3.63, 3.8) is 0 Å². The summed E-state index contributed by atoms with van der Waals surface area (Å²) in [6, 6.07) is 0.155. The number of aromatic nitrogens is 3. The van der Waals surface area contributed by atoms with Crippen LogP contribution in [0.1, 0.15) is 18.1 Å². The standard InChI is InChI=1S/C16H29N7O3/c1-22(2)15(24)9-18-16(17-7-8-25-3)19-12-5-6-14-20-13(11-26-4)21-23(14)10-12/h12H,5-11H2,1-4H3,(H2,17,18,19). The van der Waals surface area contributed by atoms with Gasteiger partial charge in [-0.3, -0.25) is 4.79 Å². The molecule has 26 heavy (non-hydrogen) atoms. The lowest BCUT2D eigenvalue weighted by atomic mass is 10.1. The van der Waals surface area contributed by atoms with Gasteiger partial charge in [-0.25, -0.2) is 14.7 Å². The van der Waals surface area contributed by atoms with Crippen molar-refractivity contribution in [2.75, 3.05) is 48.0 Å². The molecular formula is C16H29N7O3. The van der Waals surface area contributed by atoms with Crippen LogP contribution in [0, 0.1) is 0 Å². The molecule has 2 N–H and O–H groups in total. The second kappa shape index (κ2) is 10.1. The molecule has 1 aliphatic rings. The zero-order valence-corrected chi connectivity index (χ0v) is 16.0. The van der Waals surface area contributed by atoms with Gasteiger partial charge in [0.25, 0.3) is 0 Å². The Labute approximate surface area is 154 Å². The Hall–Kier alpha value is -2.20. The molecule has 0 radical (unpaired) electrons. The number of aliphatic imine (C=N–C) groups is 1. The third kappa shape index (κ3) is 5.95. The zero-order chi connectivity index (χ0) is 18.9. The van der Waals surface area contributed by atoms with Gasteiger partial charge in [0.1, 0.15) is 19.0 Å². The Morgan fingerprint density at radius 3 is 2.88 bits per heavy atom. The molecule has 1 aromatic heterocycles. The number of fused-ring (bicyclic) bond motifs is 1. The number of carbonyl (C=O) groups is 1. The molecule has 0 bridgehead atoms. The summed E-state index contributed by atoms with van der Waals surface area (Å²) in [6.45, 7) is 2.36. The first-order valence-electron chi connectivity index (χ1n) is 8.69. The van der Waals surface area contributed by atoms with Crippen molar-refractivity contribution < 1.29 is 14.3 Å². The molecule has 0 fully saturated rings. The molecule has 10 nitrogen and oxygen atoms in total. The lowest BCUT2D eigenvalue weighted by Crippen LogP contribution is -2.48. The molecule has 10 heteroatoms. The van der Waals surface area contributed by atoms with E-state index in [1.165, 1.54) is 4.90 Å². The highest BCUT2D eigenvalue weighted by Crippen LogP contribution is 2.13. The Balaban J connectivity index is 1.97. The van der Waals surface area contributed by atoms with Crippen molar-refractivity contribution in [1.29, 1.82) is 0 Å². The molecule has 1 aliphatic heterocycles. The van der Waals surface area contributed by atoms with Gasteiger partial charge in [-0.2, -0.15) is 5.10 Å². The average Bonchev–Trinajstić information content (AvgIpc) is 3.01. The second-order valence-electron chi connectivity index (χ2n) is 6.31. The highest BCUT2D eigenvalue weighted by Gasteiger charge is 2.22. The van der Waals surface area contributed by atoms with E-state index in [1.807, 2.05) is 4.68 Å². The van der Waals surface area contributed by atoms with Gasteiger partial charge in [-0.15, -0.1) is 0 Å². The molecule has 0 aliphatic carbocycles. The van der Waals surface area contributed by atoms with E-state index in [0.29, 0.717) is 38.1 Å². The van der Waals surface area contributed by atoms with Gasteiger partial charge in [0, 0.05) is 47.3 Å². The lowest BCUT2D eigenvalue weighted by Gasteiger charge is -2.25. The molecule has 0 saturated carbocycles. The fourth-order valence-electron chi connectivity index (χ4n) is 2.57. The Morgan fingerprint density at radius 2 is 2.19 bits per heavy atom. The van der Waals surface area contributed by atoms with Crippen LogP contribution in [0.25, 0.3) is 0 Å². The number of amides is 1. The van der Waals surface area contributed by atoms with Crippen LogP contribution in [0.3, 0.4) is 0 Å². The first-order chi connectivity index (χ1) is 12.5. The van der Waals surface area contributed by atoms with Crippen molar-refractivity contribution in [2.24, 2.45) is 4.99 Å². The minimum absolute atomic E-state index is 0.0516. The Morgan fingerprint density at radius 1 is 1.38 bits per heavy atom. The predicted molar refractivity (Wildman–Crippen MR) is 96.9 cm³/mol. The Bertz CT molecular complexity index is 615. The van der Waals surface area contributed by atoms with E-state index < -0.39 is 0 Å². The quantitative estimate of drug-likeness (QED) is 0.345. The summed E-state index contributed by atoms with van der Waals surface area (Å²) in [4.78, 5) is 22.2. The number of hydrogen-bond donors (Lipinski definition) is 2. The number of carbonyl (C=O) groups excluding carboxylic acids is 1. The van der Waals surface area contributed by atoms with Crippen LogP contribution in [0.4, 0.5) is 0 Å². The Kier molecular flexibility index (Phi) is 7.79. The zero-order valence-electron chi connectivity index (χ0n) is 16.0. The molecule has 0 spiro atoms. The monoisotopic (exact) mass is 367 g/mol. The van der Waals surface area contributed by atoms with Crippen LogP contribution < -0.4 is 10.6 Å². The van der Waals surface area contributed by atoms with E-state index in [4.69, 9.17) is 9.47 Å². The molecule has 0 aromatic carbocycles. The summed E-state index contributed by atoms with van der Waals surface area (Å²) in [5.41, 5.74) is 0. The maximum Gasteiger partial charge on any atom is 0.243 e. The number of methoxy groups -OCH3 is 2. The number of nitrogens with zero attached hydrogens (tertiary/aromatic N) is 5. The number of guanidine groups is 1. The number of likely N-dealkylation sites (N-methyl/N-ethyl adjacent to an activating group) is 1. The van der Waals surface area contributed by atoms with Crippen LogP contribution in [-0.4, -0.2) is 85.6 Å². The predicted octanol–water partition coefficient (Wildman–Crippen LogP) is -0.991. The van der Waals surface area contributed by atoms with Gasteiger partial charge in [0.2, 0.25) is 5.91 Å². The van der Waals surface area contributed by atoms with Crippen molar-refractivity contribution in [3.8, 4) is 0 Å². The second-order valence-corrected chi connectivity index (χ2v) is 6.31. The molecule has 1 unspecified atom stereocenters. The number of aryl methyl sites for hydroxylation is 1. The smallest absolute Gasteiger partial charge is 0.243 e. The largest absolute Gasteiger partial charge is 0.383 e. The maximum atomic E-state index is 11.8. The fraction of sp³-hybridized carbons (Fsp3) is 0.750. The van der Waals surface area contributed by atoms with Crippen molar-refractivity contribution >= 4 is 11.9 Å². The van der Waals surface area contributed by atoms with Gasteiger partial charge >= 0.3 is 0 Å². The molecule has 1 atom stereocenters. The summed E-state index contributed by atoms with van der Waals surface area (Å²) < 4.78 is 12.1. The summed E-state index contributed by atoms with van der Waals surface area (Å²) in [5.74, 6) is 2.22. The van der Waals surface area contributed by atoms with E-state index in [0.717, 1.165) is 18.7 Å². The third-order valence-electron chi connectivity index (χ3n) is 3.99. The normalized spacial score (nSPS) is 16.9. The van der Waals surface area contributed by atoms with Crippen molar-refractivity contribution in [3.05, 3.63) is 11.6 Å².